The van der Waals surface area contributed by atoms with E-state index in [2.05, 4.69) is 42.4 Å². The summed E-state index contributed by atoms with van der Waals surface area (Å²) >= 11 is 3.37. The minimum Gasteiger partial charge on any atom is -0.379 e. The fourth-order valence-electron chi connectivity index (χ4n) is 2.36. The summed E-state index contributed by atoms with van der Waals surface area (Å²) in [6, 6.07) is 6.09. The molecule has 0 saturated heterocycles. The van der Waals surface area contributed by atoms with Crippen molar-refractivity contribution in [1.29, 1.82) is 0 Å². The number of aromatic nitrogens is 4. The Balaban J connectivity index is 1.83. The molecular weight excluding hydrogens is 330 g/mol. The van der Waals surface area contributed by atoms with Gasteiger partial charge in [0.15, 0.2) is 5.65 Å². The van der Waals surface area contributed by atoms with Gasteiger partial charge in [-0.15, -0.1) is 0 Å². The van der Waals surface area contributed by atoms with E-state index in [4.69, 9.17) is 0 Å². The highest BCUT2D eigenvalue weighted by atomic mass is 79.9. The van der Waals surface area contributed by atoms with Crippen LogP contribution in [0, 0.1) is 13.8 Å². The number of nitrogens with one attached hydrogen (secondary N) is 1. The lowest BCUT2D eigenvalue weighted by Crippen LogP contribution is -2.03. The zero-order valence-corrected chi connectivity index (χ0v) is 13.8. The van der Waals surface area contributed by atoms with E-state index in [1.807, 2.05) is 43.9 Å². The molecule has 5 nitrogen and oxygen atoms in total. The number of halogens is 1. The number of nitrogens with zero attached hydrogens (tertiary/aromatic N) is 4. The molecule has 0 aliphatic rings. The molecule has 0 aliphatic heterocycles. The van der Waals surface area contributed by atoms with Crippen LogP contribution in [-0.2, 0) is 13.6 Å². The summed E-state index contributed by atoms with van der Waals surface area (Å²) in [5, 5.41) is 8.89. The minimum absolute atomic E-state index is 0.710. The van der Waals surface area contributed by atoms with Gasteiger partial charge in [0.05, 0.1) is 17.1 Å². The Morgan fingerprint density at radius 2 is 2.05 bits per heavy atom. The first kappa shape index (κ1) is 14.0. The molecule has 3 aromatic heterocycles. The highest BCUT2D eigenvalue weighted by molar-refractivity contribution is 9.10. The quantitative estimate of drug-likeness (QED) is 0.739. The van der Waals surface area contributed by atoms with Crippen LogP contribution in [0.4, 0.5) is 5.69 Å². The van der Waals surface area contributed by atoms with E-state index in [0.29, 0.717) is 6.54 Å². The Bertz CT molecular complexity index is 809. The lowest BCUT2D eigenvalue weighted by atomic mass is 10.2. The molecule has 3 rings (SSSR count). The Kier molecular flexibility index (Phi) is 3.63. The first-order valence-electron chi connectivity index (χ1n) is 6.70. The second-order valence-corrected chi connectivity index (χ2v) is 5.86. The van der Waals surface area contributed by atoms with Crippen LogP contribution in [-0.4, -0.2) is 19.7 Å². The molecule has 21 heavy (non-hydrogen) atoms. The van der Waals surface area contributed by atoms with Crippen molar-refractivity contribution < 1.29 is 0 Å². The highest BCUT2D eigenvalue weighted by Gasteiger charge is 2.07. The maximum atomic E-state index is 4.49. The average molecular weight is 346 g/mol. The fourth-order valence-corrected chi connectivity index (χ4v) is 2.76. The van der Waals surface area contributed by atoms with Gasteiger partial charge in [-0.1, -0.05) is 0 Å². The van der Waals surface area contributed by atoms with Crippen LogP contribution >= 0.6 is 15.9 Å². The lowest BCUT2D eigenvalue weighted by molar-refractivity contribution is 0.773. The summed E-state index contributed by atoms with van der Waals surface area (Å²) in [6.07, 6.45) is 1.89. The maximum Gasteiger partial charge on any atom is 0.157 e. The minimum atomic E-state index is 0.710. The molecule has 0 aliphatic carbocycles. The molecule has 0 atom stereocenters. The predicted molar refractivity (Wildman–Crippen MR) is 87.2 cm³/mol. The molecular formula is C15H16BrN5. The van der Waals surface area contributed by atoms with E-state index in [0.717, 1.165) is 38.3 Å². The standard InChI is InChI=1S/C15H16BrN5/c1-9-12-6-11(8-18-15(12)21(3)20-9)7-17-13-4-5-14(16)19-10(13)2/h4-6,8,17H,7H2,1-3H3. The van der Waals surface area contributed by atoms with E-state index in [1.165, 1.54) is 0 Å². The van der Waals surface area contributed by atoms with Crippen LogP contribution < -0.4 is 5.32 Å². The molecule has 0 fully saturated rings. The van der Waals surface area contributed by atoms with Crippen LogP contribution in [0.15, 0.2) is 29.0 Å². The summed E-state index contributed by atoms with van der Waals surface area (Å²) in [5.74, 6) is 0. The summed E-state index contributed by atoms with van der Waals surface area (Å²) in [5.41, 5.74) is 5.04. The number of pyridine rings is 2. The van der Waals surface area contributed by atoms with E-state index in [9.17, 15) is 0 Å². The molecule has 0 bridgehead atoms. The van der Waals surface area contributed by atoms with Crippen molar-refractivity contribution in [1.82, 2.24) is 19.7 Å². The normalized spacial score (nSPS) is 11.0. The van der Waals surface area contributed by atoms with Crippen LogP contribution in [0.25, 0.3) is 11.0 Å². The molecule has 0 unspecified atom stereocenters. The van der Waals surface area contributed by atoms with Crippen molar-refractivity contribution in [3.63, 3.8) is 0 Å². The first-order valence-corrected chi connectivity index (χ1v) is 7.49. The fraction of sp³-hybridized carbons (Fsp3) is 0.267. The Labute approximate surface area is 131 Å². The van der Waals surface area contributed by atoms with Gasteiger partial charge in [0, 0.05) is 25.2 Å². The second kappa shape index (κ2) is 5.44. The summed E-state index contributed by atoms with van der Waals surface area (Å²) in [6.45, 7) is 4.70. The monoisotopic (exact) mass is 345 g/mol. The number of hydrogen-bond acceptors (Lipinski definition) is 4. The van der Waals surface area contributed by atoms with Crippen LogP contribution in [0.5, 0.6) is 0 Å². The van der Waals surface area contributed by atoms with Gasteiger partial charge >= 0.3 is 0 Å². The van der Waals surface area contributed by atoms with Crippen molar-refractivity contribution in [2.24, 2.45) is 7.05 Å². The van der Waals surface area contributed by atoms with Crippen molar-refractivity contribution >= 4 is 32.7 Å². The highest BCUT2D eigenvalue weighted by Crippen LogP contribution is 2.19. The zero-order valence-electron chi connectivity index (χ0n) is 12.2. The van der Waals surface area contributed by atoms with E-state index >= 15 is 0 Å². The van der Waals surface area contributed by atoms with Crippen molar-refractivity contribution in [2.45, 2.75) is 20.4 Å². The smallest absolute Gasteiger partial charge is 0.157 e. The molecule has 0 saturated carbocycles. The van der Waals surface area contributed by atoms with Crippen molar-refractivity contribution in [3.05, 3.63) is 46.0 Å². The number of fused-ring (bicyclic) bond motifs is 1. The van der Waals surface area contributed by atoms with Gasteiger partial charge in [-0.05, 0) is 53.5 Å². The zero-order chi connectivity index (χ0) is 15.0. The van der Waals surface area contributed by atoms with Crippen LogP contribution in [0.3, 0.4) is 0 Å². The van der Waals surface area contributed by atoms with Gasteiger partial charge in [-0.2, -0.15) is 5.10 Å². The number of rotatable bonds is 3. The summed E-state index contributed by atoms with van der Waals surface area (Å²) < 4.78 is 2.66. The van der Waals surface area contributed by atoms with Crippen molar-refractivity contribution in [3.8, 4) is 0 Å². The number of aryl methyl sites for hydroxylation is 3. The third-order valence-corrected chi connectivity index (χ3v) is 3.90. The van der Waals surface area contributed by atoms with Gasteiger partial charge in [0.25, 0.3) is 0 Å². The van der Waals surface area contributed by atoms with Crippen LogP contribution in [0.1, 0.15) is 17.0 Å². The van der Waals surface area contributed by atoms with E-state index < -0.39 is 0 Å². The second-order valence-electron chi connectivity index (χ2n) is 5.04. The molecule has 0 aromatic carbocycles. The molecule has 3 heterocycles. The Hall–Kier alpha value is -1.95. The summed E-state index contributed by atoms with van der Waals surface area (Å²) in [7, 11) is 1.91. The average Bonchev–Trinajstić information content (AvgIpc) is 2.73. The Morgan fingerprint density at radius 3 is 2.81 bits per heavy atom. The largest absolute Gasteiger partial charge is 0.379 e. The Morgan fingerprint density at radius 1 is 1.24 bits per heavy atom. The maximum absolute atomic E-state index is 4.49. The van der Waals surface area contributed by atoms with Crippen LogP contribution in [0.2, 0.25) is 0 Å². The summed E-state index contributed by atoms with van der Waals surface area (Å²) in [4.78, 5) is 8.87. The van der Waals surface area contributed by atoms with Gasteiger partial charge in [0.2, 0.25) is 0 Å². The molecule has 0 spiro atoms. The van der Waals surface area contributed by atoms with Gasteiger partial charge in [0.1, 0.15) is 4.60 Å². The molecule has 1 N–H and O–H groups in total. The van der Waals surface area contributed by atoms with Crippen molar-refractivity contribution in [2.75, 3.05) is 5.32 Å². The van der Waals surface area contributed by atoms with Gasteiger partial charge in [-0.3, -0.25) is 4.68 Å². The van der Waals surface area contributed by atoms with Gasteiger partial charge in [-0.25, -0.2) is 9.97 Å². The topological polar surface area (TPSA) is 55.6 Å². The molecule has 108 valence electrons. The first-order chi connectivity index (χ1) is 10.0. The molecule has 0 amide bonds. The SMILES string of the molecule is Cc1nc(Br)ccc1NCc1cnc2c(c1)c(C)nn2C. The molecule has 3 aromatic rings. The number of anilines is 1. The lowest BCUT2D eigenvalue weighted by Gasteiger charge is -2.09. The van der Waals surface area contributed by atoms with E-state index in [1.54, 1.807) is 0 Å². The number of hydrogen-bond donors (Lipinski definition) is 1. The third-order valence-electron chi connectivity index (χ3n) is 3.45. The van der Waals surface area contributed by atoms with E-state index in [-0.39, 0.29) is 0 Å². The molecule has 6 heteroatoms. The molecule has 0 radical (unpaired) electrons. The predicted octanol–water partition coefficient (Wildman–Crippen LogP) is 3.35. The van der Waals surface area contributed by atoms with Gasteiger partial charge < -0.3 is 5.32 Å². The third kappa shape index (κ3) is 2.76.